The Hall–Kier alpha value is -0.670. The third-order valence-corrected chi connectivity index (χ3v) is 5.14. The van der Waals surface area contributed by atoms with E-state index in [4.69, 9.17) is 9.47 Å². The van der Waals surface area contributed by atoms with Gasteiger partial charge in [0.1, 0.15) is 11.7 Å². The Morgan fingerprint density at radius 1 is 1.30 bits per heavy atom. The highest BCUT2D eigenvalue weighted by Crippen LogP contribution is 2.66. The number of hydrogen-bond donors (Lipinski definition) is 0. The molecule has 2 heterocycles. The molecule has 0 bridgehead atoms. The van der Waals surface area contributed by atoms with Crippen LogP contribution in [-0.2, 0) is 14.3 Å². The molecule has 0 aromatic heterocycles. The van der Waals surface area contributed by atoms with Crippen LogP contribution in [0, 0.1) is 5.92 Å². The smallest absolute Gasteiger partial charge is 0.226 e. The van der Waals surface area contributed by atoms with Crippen LogP contribution in [0.25, 0.3) is 0 Å². The van der Waals surface area contributed by atoms with E-state index in [0.29, 0.717) is 12.3 Å². The van der Waals surface area contributed by atoms with Gasteiger partial charge in [-0.2, -0.15) is 0 Å². The Labute approximate surface area is 121 Å². The number of ether oxygens (including phenoxy) is 2. The third-order valence-electron chi connectivity index (χ3n) is 5.14. The lowest BCUT2D eigenvalue weighted by molar-refractivity contribution is -0.114. The van der Waals surface area contributed by atoms with Gasteiger partial charge in [-0.15, -0.1) is 0 Å². The summed E-state index contributed by atoms with van der Waals surface area (Å²) in [5.74, 6) is 0.657. The minimum atomic E-state index is -0.307. The van der Waals surface area contributed by atoms with Crippen LogP contribution in [0.5, 0.6) is 0 Å². The molecular weight excluding hydrogens is 252 g/mol. The number of rotatable bonds is 0. The van der Waals surface area contributed by atoms with Crippen molar-refractivity contribution >= 4 is 5.78 Å². The number of epoxide rings is 2. The van der Waals surface area contributed by atoms with Gasteiger partial charge in [0.05, 0.1) is 0 Å². The lowest BCUT2D eigenvalue weighted by atomic mass is 9.91. The average Bonchev–Trinajstić information content (AvgIpc) is 3.16. The summed E-state index contributed by atoms with van der Waals surface area (Å²) in [6.45, 7) is 6.49. The Balaban J connectivity index is 1.67. The molecule has 2 saturated heterocycles. The molecule has 0 amide bonds. The first-order valence-electron chi connectivity index (χ1n) is 8.03. The van der Waals surface area contributed by atoms with E-state index < -0.39 is 0 Å². The Bertz CT molecular complexity index is 442. The zero-order chi connectivity index (χ0) is 14.4. The van der Waals surface area contributed by atoms with E-state index in [0.717, 1.165) is 31.3 Å². The zero-order valence-electron chi connectivity index (χ0n) is 12.9. The van der Waals surface area contributed by atoms with E-state index in [-0.39, 0.29) is 23.3 Å². The molecular formula is C17H26O3. The van der Waals surface area contributed by atoms with Crippen LogP contribution in [0.2, 0.25) is 0 Å². The first kappa shape index (κ1) is 14.3. The minimum absolute atomic E-state index is 0.0776. The van der Waals surface area contributed by atoms with Crippen LogP contribution in [0.3, 0.4) is 0 Å². The molecule has 112 valence electrons. The largest absolute Gasteiger partial charge is 0.336 e. The van der Waals surface area contributed by atoms with Gasteiger partial charge < -0.3 is 9.47 Å². The first-order valence-corrected chi connectivity index (χ1v) is 8.03. The fourth-order valence-electron chi connectivity index (χ4n) is 3.70. The van der Waals surface area contributed by atoms with E-state index in [1.165, 1.54) is 12.8 Å². The van der Waals surface area contributed by atoms with Gasteiger partial charge in [-0.1, -0.05) is 31.8 Å². The predicted octanol–water partition coefficient (Wildman–Crippen LogP) is 3.77. The molecule has 4 atom stereocenters. The van der Waals surface area contributed by atoms with Gasteiger partial charge in [0.25, 0.3) is 0 Å². The van der Waals surface area contributed by atoms with Crippen LogP contribution in [0.1, 0.15) is 65.7 Å². The van der Waals surface area contributed by atoms with Gasteiger partial charge in [-0.3, -0.25) is 4.79 Å². The topological polar surface area (TPSA) is 42.1 Å². The van der Waals surface area contributed by atoms with Gasteiger partial charge >= 0.3 is 0 Å². The molecule has 2 aliphatic heterocycles. The Morgan fingerprint density at radius 3 is 2.85 bits per heavy atom. The second-order valence-electron chi connectivity index (χ2n) is 7.16. The van der Waals surface area contributed by atoms with Crippen molar-refractivity contribution in [2.24, 2.45) is 5.92 Å². The van der Waals surface area contributed by atoms with Gasteiger partial charge in [-0.25, -0.2) is 0 Å². The van der Waals surface area contributed by atoms with E-state index in [1.807, 2.05) is 13.0 Å². The van der Waals surface area contributed by atoms with Crippen molar-refractivity contribution in [3.05, 3.63) is 11.6 Å². The summed E-state index contributed by atoms with van der Waals surface area (Å²) in [4.78, 5) is 11.9. The molecule has 3 rings (SSSR count). The Kier molecular flexibility index (Phi) is 3.54. The fourth-order valence-corrected chi connectivity index (χ4v) is 3.70. The molecule has 0 aromatic rings. The molecule has 3 nitrogen and oxygen atoms in total. The maximum absolute atomic E-state index is 11.9. The molecule has 4 unspecified atom stereocenters. The fraction of sp³-hybridized carbons (Fsp3) is 0.824. The molecule has 2 fully saturated rings. The van der Waals surface area contributed by atoms with Crippen LogP contribution < -0.4 is 0 Å². The van der Waals surface area contributed by atoms with Gasteiger partial charge in [0.2, 0.25) is 5.79 Å². The highest BCUT2D eigenvalue weighted by Gasteiger charge is 2.82. The quantitative estimate of drug-likeness (QED) is 0.633. The number of carbonyl (C=O) groups is 1. The second-order valence-corrected chi connectivity index (χ2v) is 7.16. The summed E-state index contributed by atoms with van der Waals surface area (Å²) in [7, 11) is 0. The molecule has 1 spiro atoms. The maximum atomic E-state index is 11.9. The number of carbonyl (C=O) groups excluding carboxylic acids is 1. The molecule has 1 aliphatic carbocycles. The molecule has 3 aliphatic rings. The van der Waals surface area contributed by atoms with Crippen molar-refractivity contribution in [3.8, 4) is 0 Å². The number of hydrogen-bond acceptors (Lipinski definition) is 3. The normalized spacial score (nSPS) is 45.8. The van der Waals surface area contributed by atoms with Gasteiger partial charge in [-0.05, 0) is 38.7 Å². The summed E-state index contributed by atoms with van der Waals surface area (Å²) >= 11 is 0. The third kappa shape index (κ3) is 2.58. The monoisotopic (exact) mass is 278 g/mol. The van der Waals surface area contributed by atoms with Crippen molar-refractivity contribution in [2.45, 2.75) is 83.2 Å². The van der Waals surface area contributed by atoms with Crippen LogP contribution in [0.15, 0.2) is 11.6 Å². The van der Waals surface area contributed by atoms with Crippen molar-refractivity contribution in [2.75, 3.05) is 0 Å². The summed E-state index contributed by atoms with van der Waals surface area (Å²) in [5, 5.41) is 0. The van der Waals surface area contributed by atoms with Crippen molar-refractivity contribution in [1.29, 1.82) is 0 Å². The maximum Gasteiger partial charge on any atom is 0.226 e. The average molecular weight is 278 g/mol. The van der Waals surface area contributed by atoms with Crippen molar-refractivity contribution in [3.63, 3.8) is 0 Å². The first-order chi connectivity index (χ1) is 9.45. The molecule has 3 heteroatoms. The summed E-state index contributed by atoms with van der Waals surface area (Å²) in [5.41, 5.74) is 1.05. The van der Waals surface area contributed by atoms with Crippen LogP contribution >= 0.6 is 0 Å². The van der Waals surface area contributed by atoms with E-state index in [1.54, 1.807) is 0 Å². The van der Waals surface area contributed by atoms with Crippen molar-refractivity contribution < 1.29 is 14.3 Å². The van der Waals surface area contributed by atoms with Crippen LogP contribution in [-0.4, -0.2) is 23.3 Å². The van der Waals surface area contributed by atoms with Gasteiger partial charge in [0, 0.05) is 12.8 Å². The summed E-state index contributed by atoms with van der Waals surface area (Å²) < 4.78 is 11.7. The molecule has 20 heavy (non-hydrogen) atoms. The molecule has 0 saturated carbocycles. The zero-order valence-corrected chi connectivity index (χ0v) is 12.9. The lowest BCUT2D eigenvalue weighted by Crippen LogP contribution is -2.14. The molecule has 0 aromatic carbocycles. The predicted molar refractivity (Wildman–Crippen MR) is 77.3 cm³/mol. The number of ketones is 1. The Morgan fingerprint density at radius 2 is 2.05 bits per heavy atom. The van der Waals surface area contributed by atoms with Crippen LogP contribution in [0.4, 0.5) is 0 Å². The van der Waals surface area contributed by atoms with Crippen molar-refractivity contribution in [1.82, 2.24) is 0 Å². The molecule has 0 radical (unpaired) electrons. The SMILES string of the molecule is CC1=CC(=O)CCCC(C)CCCC2(C)OC23OC3C1. The summed E-state index contributed by atoms with van der Waals surface area (Å²) in [6, 6.07) is 0. The summed E-state index contributed by atoms with van der Waals surface area (Å²) in [6.07, 6.45) is 9.17. The van der Waals surface area contributed by atoms with E-state index in [9.17, 15) is 4.79 Å². The lowest BCUT2D eigenvalue weighted by Gasteiger charge is -2.12. The molecule has 0 N–H and O–H groups in total. The van der Waals surface area contributed by atoms with E-state index in [2.05, 4.69) is 13.8 Å². The highest BCUT2D eigenvalue weighted by atomic mass is 16.9. The van der Waals surface area contributed by atoms with E-state index >= 15 is 0 Å². The minimum Gasteiger partial charge on any atom is -0.336 e. The number of allylic oxidation sites excluding steroid dienone is 1. The highest BCUT2D eigenvalue weighted by molar-refractivity contribution is 5.90. The second kappa shape index (κ2) is 4.96. The standard InChI is InChI=1S/C17H26O3/c1-12-6-4-8-14(18)10-13(2)11-15-17(19-15)16(3,20-17)9-5-7-12/h10,12,15H,4-9,11H2,1-3H3. The van der Waals surface area contributed by atoms with Gasteiger partial charge in [0.15, 0.2) is 5.78 Å².